The molecule has 110 valence electrons. The summed E-state index contributed by atoms with van der Waals surface area (Å²) in [5.74, 6) is 0.941. The maximum atomic E-state index is 12.1. The van der Waals surface area contributed by atoms with E-state index in [2.05, 4.69) is 43.4 Å². The number of hydrogen-bond donors (Lipinski definition) is 1. The maximum Gasteiger partial charge on any atom is 0.224 e. The van der Waals surface area contributed by atoms with Crippen LogP contribution >= 0.6 is 0 Å². The lowest BCUT2D eigenvalue weighted by Crippen LogP contribution is -2.39. The average molecular weight is 274 g/mol. The molecule has 1 aliphatic heterocycles. The van der Waals surface area contributed by atoms with Crippen molar-refractivity contribution in [3.63, 3.8) is 0 Å². The number of aryl methyl sites for hydroxylation is 1. The van der Waals surface area contributed by atoms with Crippen LogP contribution in [0.1, 0.15) is 38.7 Å². The second kappa shape index (κ2) is 7.32. The number of carbonyl (C=O) groups excluding carboxylic acids is 1. The van der Waals surface area contributed by atoms with Gasteiger partial charge in [-0.25, -0.2) is 0 Å². The Hall–Kier alpha value is -1.51. The summed E-state index contributed by atoms with van der Waals surface area (Å²) in [5.41, 5.74) is 2.44. The Labute approximate surface area is 122 Å². The summed E-state index contributed by atoms with van der Waals surface area (Å²) < 4.78 is 0. The van der Waals surface area contributed by atoms with Crippen LogP contribution in [0.2, 0.25) is 0 Å². The first-order chi connectivity index (χ1) is 9.69. The summed E-state index contributed by atoms with van der Waals surface area (Å²) in [7, 11) is 0. The molecule has 2 rings (SSSR count). The number of nitrogens with zero attached hydrogens (tertiary/aromatic N) is 1. The molecule has 1 aliphatic rings. The van der Waals surface area contributed by atoms with Crippen molar-refractivity contribution < 1.29 is 4.79 Å². The summed E-state index contributed by atoms with van der Waals surface area (Å²) in [4.78, 5) is 14.1. The number of nitrogens with one attached hydrogen (secondary N) is 1. The third-order valence-electron chi connectivity index (χ3n) is 4.04. The summed E-state index contributed by atoms with van der Waals surface area (Å²) >= 11 is 0. The van der Waals surface area contributed by atoms with E-state index < -0.39 is 0 Å². The number of hydrogen-bond acceptors (Lipinski definition) is 2. The van der Waals surface area contributed by atoms with Gasteiger partial charge in [0, 0.05) is 31.7 Å². The molecule has 1 amide bonds. The first-order valence-corrected chi connectivity index (χ1v) is 7.79. The van der Waals surface area contributed by atoms with Crippen LogP contribution < -0.4 is 5.32 Å². The fraction of sp³-hybridized carbons (Fsp3) is 0.588. The van der Waals surface area contributed by atoms with E-state index in [9.17, 15) is 4.79 Å². The highest BCUT2D eigenvalue weighted by molar-refractivity contribution is 5.76. The molecule has 0 aliphatic carbocycles. The van der Waals surface area contributed by atoms with Gasteiger partial charge in [0.2, 0.25) is 5.91 Å². The van der Waals surface area contributed by atoms with Crippen molar-refractivity contribution in [1.82, 2.24) is 4.90 Å². The smallest absolute Gasteiger partial charge is 0.224 e. The number of amides is 1. The minimum absolute atomic E-state index is 0.286. The van der Waals surface area contributed by atoms with Crippen molar-refractivity contribution in [1.29, 1.82) is 0 Å². The molecule has 1 heterocycles. The zero-order valence-electron chi connectivity index (χ0n) is 12.7. The van der Waals surface area contributed by atoms with Gasteiger partial charge in [-0.05, 0) is 42.9 Å². The van der Waals surface area contributed by atoms with Crippen LogP contribution in [0.5, 0.6) is 0 Å². The number of carbonyl (C=O) groups is 1. The molecule has 1 saturated heterocycles. The number of likely N-dealkylation sites (tertiary alicyclic amines) is 1. The quantitative estimate of drug-likeness (QED) is 0.893. The van der Waals surface area contributed by atoms with Gasteiger partial charge in [0.05, 0.1) is 0 Å². The Morgan fingerprint density at radius 1 is 1.35 bits per heavy atom. The van der Waals surface area contributed by atoms with Gasteiger partial charge in [-0.1, -0.05) is 26.0 Å². The molecule has 0 saturated carbocycles. The van der Waals surface area contributed by atoms with Crippen LogP contribution in [-0.2, 0) is 11.2 Å². The van der Waals surface area contributed by atoms with Crippen molar-refractivity contribution in [3.05, 3.63) is 29.8 Å². The third kappa shape index (κ3) is 4.26. The van der Waals surface area contributed by atoms with E-state index in [1.165, 1.54) is 12.0 Å². The van der Waals surface area contributed by atoms with E-state index >= 15 is 0 Å². The molecule has 1 atom stereocenters. The Kier molecular flexibility index (Phi) is 5.45. The van der Waals surface area contributed by atoms with E-state index in [0.717, 1.165) is 38.2 Å². The monoisotopic (exact) mass is 274 g/mol. The molecular formula is C17H26N2O. The Morgan fingerprint density at radius 2 is 2.10 bits per heavy atom. The topological polar surface area (TPSA) is 32.3 Å². The lowest BCUT2D eigenvalue weighted by molar-refractivity contribution is -0.132. The SMILES string of the molecule is CCc1ccc(NCCC(=O)N2CCCC(C)C2)cc1. The summed E-state index contributed by atoms with van der Waals surface area (Å²) in [6.07, 6.45) is 4.05. The summed E-state index contributed by atoms with van der Waals surface area (Å²) in [5, 5.41) is 3.33. The van der Waals surface area contributed by atoms with Gasteiger partial charge in [-0.3, -0.25) is 4.79 Å². The van der Waals surface area contributed by atoms with E-state index in [-0.39, 0.29) is 5.91 Å². The lowest BCUT2D eigenvalue weighted by Gasteiger charge is -2.31. The molecule has 1 unspecified atom stereocenters. The van der Waals surface area contributed by atoms with E-state index in [4.69, 9.17) is 0 Å². The summed E-state index contributed by atoms with van der Waals surface area (Å²) in [6.45, 7) is 6.97. The highest BCUT2D eigenvalue weighted by Gasteiger charge is 2.20. The molecule has 20 heavy (non-hydrogen) atoms. The molecule has 1 aromatic rings. The van der Waals surface area contributed by atoms with Crippen LogP contribution in [0.3, 0.4) is 0 Å². The van der Waals surface area contributed by atoms with Gasteiger partial charge in [-0.15, -0.1) is 0 Å². The Balaban J connectivity index is 1.73. The highest BCUT2D eigenvalue weighted by atomic mass is 16.2. The van der Waals surface area contributed by atoms with Gasteiger partial charge in [0.1, 0.15) is 0 Å². The first kappa shape index (κ1) is 14.9. The van der Waals surface area contributed by atoms with Crippen LogP contribution in [0.25, 0.3) is 0 Å². The molecule has 0 aromatic heterocycles. The summed E-state index contributed by atoms with van der Waals surface area (Å²) in [6, 6.07) is 8.45. The van der Waals surface area contributed by atoms with Crippen LogP contribution in [0.4, 0.5) is 5.69 Å². The second-order valence-electron chi connectivity index (χ2n) is 5.81. The second-order valence-corrected chi connectivity index (χ2v) is 5.81. The van der Waals surface area contributed by atoms with Gasteiger partial charge in [0.25, 0.3) is 0 Å². The first-order valence-electron chi connectivity index (χ1n) is 7.79. The molecule has 0 bridgehead atoms. The molecule has 3 heteroatoms. The van der Waals surface area contributed by atoms with E-state index in [1.54, 1.807) is 0 Å². The van der Waals surface area contributed by atoms with Crippen molar-refractivity contribution in [2.45, 2.75) is 39.5 Å². The third-order valence-corrected chi connectivity index (χ3v) is 4.04. The standard InChI is InChI=1S/C17H26N2O/c1-3-15-6-8-16(9-7-15)18-11-10-17(20)19-12-4-5-14(2)13-19/h6-9,14,18H,3-5,10-13H2,1-2H3. The molecule has 1 fully saturated rings. The van der Waals surface area contributed by atoms with E-state index in [1.807, 2.05) is 4.90 Å². The zero-order valence-corrected chi connectivity index (χ0v) is 12.7. The largest absolute Gasteiger partial charge is 0.385 e. The van der Waals surface area contributed by atoms with Crippen molar-refractivity contribution in [2.24, 2.45) is 5.92 Å². The Bertz CT molecular complexity index is 427. The molecule has 1 aromatic carbocycles. The molecule has 0 radical (unpaired) electrons. The number of anilines is 1. The van der Waals surface area contributed by atoms with E-state index in [0.29, 0.717) is 12.3 Å². The van der Waals surface area contributed by atoms with Crippen molar-refractivity contribution in [3.8, 4) is 0 Å². The fourth-order valence-corrected chi connectivity index (χ4v) is 2.75. The zero-order chi connectivity index (χ0) is 14.4. The van der Waals surface area contributed by atoms with Crippen LogP contribution in [0, 0.1) is 5.92 Å². The molecule has 0 spiro atoms. The van der Waals surface area contributed by atoms with Gasteiger partial charge in [0.15, 0.2) is 0 Å². The number of piperidine rings is 1. The Morgan fingerprint density at radius 3 is 2.75 bits per heavy atom. The minimum atomic E-state index is 0.286. The highest BCUT2D eigenvalue weighted by Crippen LogP contribution is 2.16. The molecular weight excluding hydrogens is 248 g/mol. The normalized spacial score (nSPS) is 18.9. The number of benzene rings is 1. The fourth-order valence-electron chi connectivity index (χ4n) is 2.75. The predicted molar refractivity (Wildman–Crippen MR) is 83.9 cm³/mol. The molecule has 3 nitrogen and oxygen atoms in total. The average Bonchev–Trinajstić information content (AvgIpc) is 2.48. The van der Waals surface area contributed by atoms with Crippen LogP contribution in [0.15, 0.2) is 24.3 Å². The van der Waals surface area contributed by atoms with Crippen molar-refractivity contribution in [2.75, 3.05) is 25.0 Å². The van der Waals surface area contributed by atoms with Crippen LogP contribution in [-0.4, -0.2) is 30.4 Å². The van der Waals surface area contributed by atoms with Gasteiger partial charge >= 0.3 is 0 Å². The van der Waals surface area contributed by atoms with Crippen molar-refractivity contribution >= 4 is 11.6 Å². The van der Waals surface area contributed by atoms with Gasteiger partial charge in [-0.2, -0.15) is 0 Å². The predicted octanol–water partition coefficient (Wildman–Crippen LogP) is 3.31. The van der Waals surface area contributed by atoms with Gasteiger partial charge < -0.3 is 10.2 Å². The maximum absolute atomic E-state index is 12.1. The number of rotatable bonds is 5. The molecule has 1 N–H and O–H groups in total. The minimum Gasteiger partial charge on any atom is -0.385 e. The lowest BCUT2D eigenvalue weighted by atomic mass is 10.00.